The predicted octanol–water partition coefficient (Wildman–Crippen LogP) is 1.40. The molecule has 2 atom stereocenters. The second-order valence-corrected chi connectivity index (χ2v) is 4.34. The molecule has 1 aliphatic heterocycles. The SMILES string of the molecule is CCC1OCCC1CNc1cncc(C(=O)O)n1. The fourth-order valence-electron chi connectivity index (χ4n) is 2.17. The standard InChI is InChI=1S/C12H17N3O3/c1-2-10-8(3-4-18-10)5-14-11-7-13-6-9(15-11)12(16)17/h6-8,10H,2-5H2,1H3,(H,14,15)(H,16,17). The number of nitrogens with zero attached hydrogens (tertiary/aromatic N) is 2. The van der Waals surface area contributed by atoms with Crippen LogP contribution in [0.2, 0.25) is 0 Å². The molecular weight excluding hydrogens is 234 g/mol. The molecule has 0 spiro atoms. The number of carboxylic acids is 1. The lowest BCUT2D eigenvalue weighted by molar-refractivity contribution is 0.0690. The fourth-order valence-corrected chi connectivity index (χ4v) is 2.17. The van der Waals surface area contributed by atoms with Crippen molar-refractivity contribution in [2.24, 2.45) is 5.92 Å². The molecule has 1 aromatic rings. The average molecular weight is 251 g/mol. The molecule has 1 fully saturated rings. The molecular formula is C12H17N3O3. The minimum atomic E-state index is -1.07. The topological polar surface area (TPSA) is 84.3 Å². The van der Waals surface area contributed by atoms with Crippen LogP contribution in [0.5, 0.6) is 0 Å². The maximum Gasteiger partial charge on any atom is 0.356 e. The van der Waals surface area contributed by atoms with Crippen molar-refractivity contribution in [3.05, 3.63) is 18.1 Å². The molecule has 1 aliphatic rings. The first-order valence-corrected chi connectivity index (χ1v) is 6.11. The van der Waals surface area contributed by atoms with Crippen molar-refractivity contribution in [2.75, 3.05) is 18.5 Å². The first-order chi connectivity index (χ1) is 8.70. The number of anilines is 1. The minimum absolute atomic E-state index is 0.0466. The first-order valence-electron chi connectivity index (χ1n) is 6.11. The smallest absolute Gasteiger partial charge is 0.356 e. The van der Waals surface area contributed by atoms with Crippen molar-refractivity contribution < 1.29 is 14.6 Å². The van der Waals surface area contributed by atoms with Gasteiger partial charge in [-0.1, -0.05) is 6.92 Å². The van der Waals surface area contributed by atoms with E-state index in [2.05, 4.69) is 22.2 Å². The number of hydrogen-bond acceptors (Lipinski definition) is 5. The molecule has 2 unspecified atom stereocenters. The van der Waals surface area contributed by atoms with Gasteiger partial charge in [0.2, 0.25) is 0 Å². The van der Waals surface area contributed by atoms with Crippen molar-refractivity contribution >= 4 is 11.8 Å². The first kappa shape index (κ1) is 12.8. The van der Waals surface area contributed by atoms with Crippen LogP contribution in [0.4, 0.5) is 5.82 Å². The van der Waals surface area contributed by atoms with E-state index >= 15 is 0 Å². The lowest BCUT2D eigenvalue weighted by Gasteiger charge is -2.17. The highest BCUT2D eigenvalue weighted by Gasteiger charge is 2.26. The number of aromatic nitrogens is 2. The van der Waals surface area contributed by atoms with E-state index in [-0.39, 0.29) is 11.8 Å². The quantitative estimate of drug-likeness (QED) is 0.823. The van der Waals surface area contributed by atoms with Gasteiger partial charge in [0.05, 0.1) is 18.5 Å². The molecule has 2 rings (SSSR count). The number of rotatable bonds is 5. The Bertz CT molecular complexity index is 425. The molecule has 1 saturated heterocycles. The Morgan fingerprint density at radius 3 is 3.17 bits per heavy atom. The second-order valence-electron chi connectivity index (χ2n) is 4.34. The van der Waals surface area contributed by atoms with Crippen LogP contribution in [0.15, 0.2) is 12.4 Å². The van der Waals surface area contributed by atoms with Crippen LogP contribution < -0.4 is 5.32 Å². The highest BCUT2D eigenvalue weighted by atomic mass is 16.5. The summed E-state index contributed by atoms with van der Waals surface area (Å²) in [6.45, 7) is 3.63. The fraction of sp³-hybridized carbons (Fsp3) is 0.583. The monoisotopic (exact) mass is 251 g/mol. The molecule has 0 aromatic carbocycles. The lowest BCUT2D eigenvalue weighted by Crippen LogP contribution is -2.23. The molecule has 1 aromatic heterocycles. The number of carboxylic acid groups (broad SMARTS) is 1. The average Bonchev–Trinajstić information content (AvgIpc) is 2.84. The molecule has 2 heterocycles. The van der Waals surface area contributed by atoms with Crippen LogP contribution in [0.1, 0.15) is 30.3 Å². The van der Waals surface area contributed by atoms with Gasteiger partial charge in [-0.15, -0.1) is 0 Å². The number of aromatic carboxylic acids is 1. The van der Waals surface area contributed by atoms with E-state index in [0.29, 0.717) is 11.7 Å². The van der Waals surface area contributed by atoms with Gasteiger partial charge in [-0.2, -0.15) is 0 Å². The largest absolute Gasteiger partial charge is 0.476 e. The van der Waals surface area contributed by atoms with Crippen LogP contribution in [0, 0.1) is 5.92 Å². The Hall–Kier alpha value is -1.69. The van der Waals surface area contributed by atoms with E-state index in [0.717, 1.165) is 26.0 Å². The number of hydrogen-bond donors (Lipinski definition) is 2. The van der Waals surface area contributed by atoms with Crippen molar-refractivity contribution in [3.63, 3.8) is 0 Å². The highest BCUT2D eigenvalue weighted by molar-refractivity contribution is 5.85. The zero-order chi connectivity index (χ0) is 13.0. The summed E-state index contributed by atoms with van der Waals surface area (Å²) in [5.41, 5.74) is -0.0466. The maximum absolute atomic E-state index is 10.8. The summed E-state index contributed by atoms with van der Waals surface area (Å²) in [4.78, 5) is 18.6. The molecule has 98 valence electrons. The van der Waals surface area contributed by atoms with Gasteiger partial charge in [0.25, 0.3) is 0 Å². The van der Waals surface area contributed by atoms with Crippen LogP contribution in [-0.2, 0) is 4.74 Å². The number of carbonyl (C=O) groups is 1. The van der Waals surface area contributed by atoms with Crippen molar-refractivity contribution in [1.29, 1.82) is 0 Å². The Morgan fingerprint density at radius 2 is 2.44 bits per heavy atom. The molecule has 0 amide bonds. The predicted molar refractivity (Wildman–Crippen MR) is 65.6 cm³/mol. The zero-order valence-corrected chi connectivity index (χ0v) is 10.3. The Balaban J connectivity index is 1.93. The van der Waals surface area contributed by atoms with Gasteiger partial charge in [-0.05, 0) is 12.8 Å². The van der Waals surface area contributed by atoms with Gasteiger partial charge in [0, 0.05) is 19.1 Å². The van der Waals surface area contributed by atoms with Gasteiger partial charge in [-0.3, -0.25) is 4.98 Å². The van der Waals surface area contributed by atoms with Crippen LogP contribution in [0.25, 0.3) is 0 Å². The summed E-state index contributed by atoms with van der Waals surface area (Å²) in [6.07, 6.45) is 5.07. The summed E-state index contributed by atoms with van der Waals surface area (Å²) in [7, 11) is 0. The van der Waals surface area contributed by atoms with Gasteiger partial charge >= 0.3 is 5.97 Å². The van der Waals surface area contributed by atoms with Crippen LogP contribution in [0.3, 0.4) is 0 Å². The van der Waals surface area contributed by atoms with Crippen molar-refractivity contribution in [2.45, 2.75) is 25.9 Å². The van der Waals surface area contributed by atoms with Gasteiger partial charge in [0.1, 0.15) is 5.82 Å². The van der Waals surface area contributed by atoms with E-state index in [1.165, 1.54) is 12.4 Å². The van der Waals surface area contributed by atoms with E-state index < -0.39 is 5.97 Å². The minimum Gasteiger partial charge on any atom is -0.476 e. The third-order valence-electron chi connectivity index (χ3n) is 3.15. The van der Waals surface area contributed by atoms with Crippen molar-refractivity contribution in [1.82, 2.24) is 9.97 Å². The van der Waals surface area contributed by atoms with Gasteiger partial charge < -0.3 is 15.2 Å². The maximum atomic E-state index is 10.8. The van der Waals surface area contributed by atoms with Crippen LogP contribution in [-0.4, -0.2) is 40.3 Å². The Morgan fingerprint density at radius 1 is 1.61 bits per heavy atom. The highest BCUT2D eigenvalue weighted by Crippen LogP contribution is 2.23. The second kappa shape index (κ2) is 5.77. The van der Waals surface area contributed by atoms with E-state index in [1.54, 1.807) is 0 Å². The third kappa shape index (κ3) is 2.95. The summed E-state index contributed by atoms with van der Waals surface area (Å²) >= 11 is 0. The molecule has 0 saturated carbocycles. The summed E-state index contributed by atoms with van der Waals surface area (Å²) < 4.78 is 5.59. The number of nitrogens with one attached hydrogen (secondary N) is 1. The van der Waals surface area contributed by atoms with E-state index in [9.17, 15) is 4.79 Å². The molecule has 0 aliphatic carbocycles. The van der Waals surface area contributed by atoms with E-state index in [4.69, 9.17) is 9.84 Å². The molecule has 0 bridgehead atoms. The Kier molecular flexibility index (Phi) is 4.09. The summed E-state index contributed by atoms with van der Waals surface area (Å²) in [5, 5.41) is 11.9. The van der Waals surface area contributed by atoms with Crippen molar-refractivity contribution in [3.8, 4) is 0 Å². The van der Waals surface area contributed by atoms with Crippen LogP contribution >= 0.6 is 0 Å². The Labute approximate surface area is 105 Å². The molecule has 6 nitrogen and oxygen atoms in total. The van der Waals surface area contributed by atoms with Gasteiger partial charge in [-0.25, -0.2) is 9.78 Å². The lowest BCUT2D eigenvalue weighted by atomic mass is 10.00. The third-order valence-corrected chi connectivity index (χ3v) is 3.15. The molecule has 6 heteroatoms. The van der Waals surface area contributed by atoms with Gasteiger partial charge in [0.15, 0.2) is 5.69 Å². The molecule has 0 radical (unpaired) electrons. The normalized spacial score (nSPS) is 22.9. The zero-order valence-electron chi connectivity index (χ0n) is 10.3. The molecule has 18 heavy (non-hydrogen) atoms. The summed E-state index contributed by atoms with van der Waals surface area (Å²) in [6, 6.07) is 0. The number of ether oxygens (including phenoxy) is 1. The molecule has 2 N–H and O–H groups in total. The summed E-state index contributed by atoms with van der Waals surface area (Å²) in [5.74, 6) is -0.122. The van der Waals surface area contributed by atoms with E-state index in [1.807, 2.05) is 0 Å².